The van der Waals surface area contributed by atoms with Crippen LogP contribution in [0, 0.1) is 5.92 Å². The Labute approximate surface area is 86.4 Å². The van der Waals surface area contributed by atoms with Crippen LogP contribution in [-0.4, -0.2) is 25.1 Å². The lowest BCUT2D eigenvalue weighted by molar-refractivity contribution is 0.304. The van der Waals surface area contributed by atoms with Crippen molar-refractivity contribution in [3.05, 3.63) is 0 Å². The Balaban J connectivity index is 1.72. The van der Waals surface area contributed by atoms with Gasteiger partial charge in [-0.25, -0.2) is 0 Å². The highest BCUT2D eigenvalue weighted by molar-refractivity contribution is 5.81. The first kappa shape index (κ1) is 9.81. The van der Waals surface area contributed by atoms with E-state index >= 15 is 0 Å². The zero-order chi connectivity index (χ0) is 9.80. The molecule has 80 valence electrons. The Kier molecular flexibility index (Phi) is 3.27. The number of hydrogen-bond acceptors (Lipinski definition) is 3. The van der Waals surface area contributed by atoms with Crippen LogP contribution in [0.3, 0.4) is 0 Å². The molecule has 1 aliphatic heterocycles. The number of nitrogens with zero attached hydrogens (tertiary/aromatic N) is 1. The Morgan fingerprint density at radius 1 is 1.36 bits per heavy atom. The Hall–Kier alpha value is -0.730. The van der Waals surface area contributed by atoms with Crippen molar-refractivity contribution in [3.63, 3.8) is 0 Å². The van der Waals surface area contributed by atoms with Gasteiger partial charge in [0.05, 0.1) is 6.54 Å². The zero-order valence-corrected chi connectivity index (χ0v) is 9.05. The topological polar surface area (TPSA) is 36.4 Å². The summed E-state index contributed by atoms with van der Waals surface area (Å²) < 4.78 is 0. The Morgan fingerprint density at radius 3 is 2.71 bits per heavy atom. The Morgan fingerprint density at radius 2 is 2.14 bits per heavy atom. The van der Waals surface area contributed by atoms with Crippen LogP contribution in [0.15, 0.2) is 4.99 Å². The van der Waals surface area contributed by atoms with Crippen LogP contribution in [0.25, 0.3) is 0 Å². The summed E-state index contributed by atoms with van der Waals surface area (Å²) in [5.41, 5.74) is 0. The highest BCUT2D eigenvalue weighted by Gasteiger charge is 2.20. The van der Waals surface area contributed by atoms with Crippen molar-refractivity contribution in [1.29, 1.82) is 0 Å². The monoisotopic (exact) mass is 195 g/mol. The second kappa shape index (κ2) is 4.67. The maximum atomic E-state index is 4.36. The fraction of sp³-hybridized carbons (Fsp3) is 0.909. The maximum absolute atomic E-state index is 4.36. The molecule has 14 heavy (non-hydrogen) atoms. The molecule has 0 spiro atoms. The maximum Gasteiger partial charge on any atom is 0.191 e. The third kappa shape index (κ3) is 2.40. The first-order chi connectivity index (χ1) is 6.88. The van der Waals surface area contributed by atoms with Gasteiger partial charge in [-0.3, -0.25) is 4.99 Å². The van der Waals surface area contributed by atoms with Gasteiger partial charge >= 0.3 is 0 Å². The average molecular weight is 195 g/mol. The molecule has 2 rings (SSSR count). The standard InChI is InChI=1S/C11H21N3/c1-2-9-3-5-10(6-4-9)14-11-12-7-8-13-11/h9-10H,2-8H2,1H3,(H2,12,13,14). The second-order valence-corrected chi connectivity index (χ2v) is 4.43. The minimum absolute atomic E-state index is 0.669. The van der Waals surface area contributed by atoms with Crippen LogP contribution in [-0.2, 0) is 0 Å². The SMILES string of the molecule is CCC1CCC(NC2=NCCN2)CC1. The molecule has 2 N–H and O–H groups in total. The number of guanidine groups is 1. The minimum Gasteiger partial charge on any atom is -0.355 e. The molecule has 3 nitrogen and oxygen atoms in total. The lowest BCUT2D eigenvalue weighted by Gasteiger charge is -2.28. The van der Waals surface area contributed by atoms with Crippen molar-refractivity contribution in [2.24, 2.45) is 10.9 Å². The quantitative estimate of drug-likeness (QED) is 0.700. The van der Waals surface area contributed by atoms with E-state index in [1.807, 2.05) is 0 Å². The fourth-order valence-corrected chi connectivity index (χ4v) is 2.40. The van der Waals surface area contributed by atoms with Gasteiger partial charge in [-0.2, -0.15) is 0 Å². The van der Waals surface area contributed by atoms with Gasteiger partial charge in [0.25, 0.3) is 0 Å². The summed E-state index contributed by atoms with van der Waals surface area (Å²) >= 11 is 0. The van der Waals surface area contributed by atoms with Gasteiger partial charge in [0.15, 0.2) is 5.96 Å². The van der Waals surface area contributed by atoms with Gasteiger partial charge in [0, 0.05) is 12.6 Å². The zero-order valence-electron chi connectivity index (χ0n) is 9.05. The molecule has 0 atom stereocenters. The molecular weight excluding hydrogens is 174 g/mol. The van der Waals surface area contributed by atoms with Crippen LogP contribution in [0.5, 0.6) is 0 Å². The first-order valence-corrected chi connectivity index (χ1v) is 5.93. The van der Waals surface area contributed by atoms with E-state index in [9.17, 15) is 0 Å². The van der Waals surface area contributed by atoms with Crippen LogP contribution in [0.1, 0.15) is 39.0 Å². The second-order valence-electron chi connectivity index (χ2n) is 4.43. The highest BCUT2D eigenvalue weighted by atomic mass is 15.2. The van der Waals surface area contributed by atoms with E-state index in [2.05, 4.69) is 22.5 Å². The van der Waals surface area contributed by atoms with Gasteiger partial charge in [-0.15, -0.1) is 0 Å². The first-order valence-electron chi connectivity index (χ1n) is 5.93. The van der Waals surface area contributed by atoms with Gasteiger partial charge < -0.3 is 10.6 Å². The minimum atomic E-state index is 0.669. The van der Waals surface area contributed by atoms with Crippen molar-refractivity contribution in [1.82, 2.24) is 10.6 Å². The lowest BCUT2D eigenvalue weighted by atomic mass is 9.85. The van der Waals surface area contributed by atoms with Crippen molar-refractivity contribution in [2.45, 2.75) is 45.1 Å². The molecule has 0 bridgehead atoms. The molecule has 0 amide bonds. The van der Waals surface area contributed by atoms with Crippen LogP contribution < -0.4 is 10.6 Å². The molecule has 0 unspecified atom stereocenters. The molecular formula is C11H21N3. The van der Waals surface area contributed by atoms with Gasteiger partial charge in [0.2, 0.25) is 0 Å². The summed E-state index contributed by atoms with van der Waals surface area (Å²) in [6, 6.07) is 0.669. The summed E-state index contributed by atoms with van der Waals surface area (Å²) in [6.07, 6.45) is 6.77. The van der Waals surface area contributed by atoms with Crippen molar-refractivity contribution >= 4 is 5.96 Å². The molecule has 0 saturated heterocycles. The van der Waals surface area contributed by atoms with E-state index in [-0.39, 0.29) is 0 Å². The molecule has 2 aliphatic rings. The molecule has 1 aliphatic carbocycles. The van der Waals surface area contributed by atoms with Crippen molar-refractivity contribution in [2.75, 3.05) is 13.1 Å². The van der Waals surface area contributed by atoms with E-state index in [0.29, 0.717) is 6.04 Å². The summed E-state index contributed by atoms with van der Waals surface area (Å²) in [5, 5.41) is 6.77. The number of hydrogen-bond donors (Lipinski definition) is 2. The van der Waals surface area contributed by atoms with Crippen LogP contribution in [0.2, 0.25) is 0 Å². The van der Waals surface area contributed by atoms with Crippen molar-refractivity contribution < 1.29 is 0 Å². The third-order valence-electron chi connectivity index (χ3n) is 3.44. The largest absolute Gasteiger partial charge is 0.355 e. The highest BCUT2D eigenvalue weighted by Crippen LogP contribution is 2.26. The van der Waals surface area contributed by atoms with E-state index in [1.165, 1.54) is 32.1 Å². The van der Waals surface area contributed by atoms with E-state index in [1.54, 1.807) is 0 Å². The molecule has 0 aromatic carbocycles. The summed E-state index contributed by atoms with van der Waals surface area (Å²) in [6.45, 7) is 4.25. The van der Waals surface area contributed by atoms with Gasteiger partial charge in [0.1, 0.15) is 0 Å². The van der Waals surface area contributed by atoms with Crippen LogP contribution in [0.4, 0.5) is 0 Å². The predicted octanol–water partition coefficient (Wildman–Crippen LogP) is 1.50. The van der Waals surface area contributed by atoms with Crippen molar-refractivity contribution in [3.8, 4) is 0 Å². The van der Waals surface area contributed by atoms with E-state index in [0.717, 1.165) is 25.0 Å². The third-order valence-corrected chi connectivity index (χ3v) is 3.44. The van der Waals surface area contributed by atoms with Gasteiger partial charge in [-0.1, -0.05) is 13.3 Å². The molecule has 1 heterocycles. The predicted molar refractivity (Wildman–Crippen MR) is 59.5 cm³/mol. The molecule has 0 aromatic rings. The summed E-state index contributed by atoms with van der Waals surface area (Å²) in [5.74, 6) is 2.01. The smallest absolute Gasteiger partial charge is 0.191 e. The molecule has 1 fully saturated rings. The van der Waals surface area contributed by atoms with E-state index in [4.69, 9.17) is 0 Å². The summed E-state index contributed by atoms with van der Waals surface area (Å²) in [4.78, 5) is 4.36. The van der Waals surface area contributed by atoms with Gasteiger partial charge in [-0.05, 0) is 31.6 Å². The number of nitrogens with one attached hydrogen (secondary N) is 2. The normalized spacial score (nSPS) is 32.2. The molecule has 0 radical (unpaired) electrons. The molecule has 1 saturated carbocycles. The number of rotatable bonds is 2. The van der Waals surface area contributed by atoms with E-state index < -0.39 is 0 Å². The molecule has 3 heteroatoms. The molecule has 0 aromatic heterocycles. The Bertz CT molecular complexity index is 205. The number of aliphatic imine (C=N–C) groups is 1. The summed E-state index contributed by atoms with van der Waals surface area (Å²) in [7, 11) is 0. The average Bonchev–Trinajstić information content (AvgIpc) is 2.72. The van der Waals surface area contributed by atoms with Crippen LogP contribution >= 0.6 is 0 Å². The lowest BCUT2D eigenvalue weighted by Crippen LogP contribution is -2.42. The fourth-order valence-electron chi connectivity index (χ4n) is 2.40.